The number of hydrogen-bond acceptors (Lipinski definition) is 7. The van der Waals surface area contributed by atoms with E-state index >= 15 is 0 Å². The van der Waals surface area contributed by atoms with E-state index in [-0.39, 0.29) is 32.4 Å². The highest BCUT2D eigenvalue weighted by molar-refractivity contribution is 7.85. The van der Waals surface area contributed by atoms with Crippen LogP contribution >= 0.6 is 23.2 Å². The van der Waals surface area contributed by atoms with Gasteiger partial charge in [-0.05, 0) is 48.2 Å². The number of nitrogens with zero attached hydrogens (tertiary/aromatic N) is 2. The maximum absolute atomic E-state index is 13.1. The molecule has 4 aromatic rings. The van der Waals surface area contributed by atoms with Crippen LogP contribution in [0.2, 0.25) is 10.0 Å². The normalized spacial score (nSPS) is 11.7. The molecular weight excluding hydrogens is 541 g/mol. The fourth-order valence-corrected chi connectivity index (χ4v) is 4.83. The Labute approximate surface area is 222 Å². The Kier molecular flexibility index (Phi) is 7.37. The molecule has 12 heteroatoms. The van der Waals surface area contributed by atoms with Crippen LogP contribution in [0, 0.1) is 6.92 Å². The monoisotopic (exact) mass is 559 g/mol. The summed E-state index contributed by atoms with van der Waals surface area (Å²) in [5.74, 6) is -0.678. The zero-order chi connectivity index (χ0) is 26.9. The molecule has 0 aliphatic rings. The van der Waals surface area contributed by atoms with Crippen LogP contribution in [0.4, 0.5) is 17.1 Å². The number of amides is 1. The maximum Gasteiger partial charge on any atom is 0.294 e. The average Bonchev–Trinajstić information content (AvgIpc) is 2.85. The molecule has 0 heterocycles. The van der Waals surface area contributed by atoms with Gasteiger partial charge in [-0.3, -0.25) is 9.35 Å². The van der Waals surface area contributed by atoms with Gasteiger partial charge in [0.25, 0.3) is 16.0 Å². The number of azo groups is 1. The fraction of sp³-hybridized carbons (Fsp3) is 0.0800. The van der Waals surface area contributed by atoms with Crippen molar-refractivity contribution < 1.29 is 27.6 Å². The van der Waals surface area contributed by atoms with Crippen LogP contribution in [0.3, 0.4) is 0 Å². The molecule has 0 aromatic heterocycles. The summed E-state index contributed by atoms with van der Waals surface area (Å²) >= 11 is 12.2. The van der Waals surface area contributed by atoms with Crippen LogP contribution in [-0.4, -0.2) is 31.1 Å². The van der Waals surface area contributed by atoms with Crippen LogP contribution in [0.25, 0.3) is 10.8 Å². The van der Waals surface area contributed by atoms with Crippen molar-refractivity contribution in [2.45, 2.75) is 11.8 Å². The highest BCUT2D eigenvalue weighted by Gasteiger charge is 2.20. The summed E-state index contributed by atoms with van der Waals surface area (Å²) in [6.45, 7) is 1.46. The van der Waals surface area contributed by atoms with E-state index in [0.29, 0.717) is 27.2 Å². The fourth-order valence-electron chi connectivity index (χ4n) is 3.63. The number of hydrogen-bond donors (Lipinski definition) is 3. The minimum Gasteiger partial charge on any atom is -0.505 e. The molecule has 0 saturated heterocycles. The van der Waals surface area contributed by atoms with Crippen LogP contribution in [0.1, 0.15) is 15.9 Å². The summed E-state index contributed by atoms with van der Waals surface area (Å²) in [5, 5.41) is 23.4. The van der Waals surface area contributed by atoms with Gasteiger partial charge in [-0.1, -0.05) is 47.5 Å². The lowest BCUT2D eigenvalue weighted by Crippen LogP contribution is -2.12. The van der Waals surface area contributed by atoms with Gasteiger partial charge in [-0.25, -0.2) is 0 Å². The van der Waals surface area contributed by atoms with Gasteiger partial charge >= 0.3 is 0 Å². The lowest BCUT2D eigenvalue weighted by Gasteiger charge is -2.12. The van der Waals surface area contributed by atoms with Gasteiger partial charge in [0.2, 0.25) is 0 Å². The Bertz CT molecular complexity index is 1690. The SMILES string of the molecule is COc1cc(NC(=O)c2cc3ccccc3c(N=Nc3cc(C)c(S(=O)(=O)O)cc3Cl)c2O)ccc1Cl. The predicted molar refractivity (Wildman–Crippen MR) is 142 cm³/mol. The Hall–Kier alpha value is -3.70. The Morgan fingerprint density at radius 2 is 1.73 bits per heavy atom. The number of carbonyl (C=O) groups is 1. The lowest BCUT2D eigenvalue weighted by atomic mass is 10.0. The molecule has 0 saturated carbocycles. The molecule has 4 rings (SSSR count). The molecule has 0 unspecified atom stereocenters. The third kappa shape index (κ3) is 5.52. The van der Waals surface area contributed by atoms with Gasteiger partial charge in [0.1, 0.15) is 17.1 Å². The van der Waals surface area contributed by atoms with E-state index in [1.54, 1.807) is 42.5 Å². The standard InChI is InChI=1S/C25H19Cl2N3O6S/c1-13-9-20(19(27)12-22(13)37(33,34)35)29-30-23-16-6-4-3-5-14(16)10-17(24(23)31)25(32)28-15-7-8-18(26)21(11-15)36-2/h3-12,31H,1-2H3,(H,28,32)(H,33,34,35). The number of methoxy groups -OCH3 is 1. The van der Waals surface area contributed by atoms with Crippen LogP contribution < -0.4 is 10.1 Å². The molecule has 1 amide bonds. The summed E-state index contributed by atoms with van der Waals surface area (Å²) in [6, 6.07) is 15.5. The zero-order valence-electron chi connectivity index (χ0n) is 19.4. The van der Waals surface area contributed by atoms with E-state index in [4.69, 9.17) is 27.9 Å². The van der Waals surface area contributed by atoms with Gasteiger partial charge in [-0.2, -0.15) is 8.42 Å². The smallest absolute Gasteiger partial charge is 0.294 e. The molecule has 0 spiro atoms. The lowest BCUT2D eigenvalue weighted by molar-refractivity contribution is 0.102. The minimum absolute atomic E-state index is 0.00418. The number of halogens is 2. The molecule has 0 aliphatic carbocycles. The zero-order valence-corrected chi connectivity index (χ0v) is 21.7. The quantitative estimate of drug-likeness (QED) is 0.170. The number of phenols is 1. The van der Waals surface area contributed by atoms with E-state index in [0.717, 1.165) is 6.07 Å². The van der Waals surface area contributed by atoms with E-state index in [1.165, 1.54) is 26.2 Å². The van der Waals surface area contributed by atoms with Crippen LogP contribution in [-0.2, 0) is 10.1 Å². The van der Waals surface area contributed by atoms with Crippen molar-refractivity contribution in [2.75, 3.05) is 12.4 Å². The van der Waals surface area contributed by atoms with E-state index < -0.39 is 21.8 Å². The molecule has 0 radical (unpaired) electrons. The molecule has 4 aromatic carbocycles. The molecule has 3 N–H and O–H groups in total. The van der Waals surface area contributed by atoms with Crippen LogP contribution in [0.15, 0.2) is 75.8 Å². The largest absolute Gasteiger partial charge is 0.505 e. The first kappa shape index (κ1) is 26.4. The van der Waals surface area contributed by atoms with Crippen LogP contribution in [0.5, 0.6) is 11.5 Å². The average molecular weight is 560 g/mol. The van der Waals surface area contributed by atoms with Gasteiger partial charge in [0.15, 0.2) is 5.75 Å². The van der Waals surface area contributed by atoms with E-state index in [2.05, 4.69) is 15.5 Å². The first-order valence-electron chi connectivity index (χ1n) is 10.6. The topological polar surface area (TPSA) is 138 Å². The first-order chi connectivity index (χ1) is 17.5. The Morgan fingerprint density at radius 3 is 2.43 bits per heavy atom. The molecule has 190 valence electrons. The molecule has 0 bridgehead atoms. The number of fused-ring (bicyclic) bond motifs is 1. The Balaban J connectivity index is 1.77. The second-order valence-corrected chi connectivity index (χ2v) is 10.1. The molecular formula is C25H19Cl2N3O6S. The van der Waals surface area contributed by atoms with Crippen molar-refractivity contribution in [3.63, 3.8) is 0 Å². The van der Waals surface area contributed by atoms with Crippen molar-refractivity contribution in [3.05, 3.63) is 81.8 Å². The van der Waals surface area contributed by atoms with Crippen molar-refractivity contribution in [1.82, 2.24) is 0 Å². The number of nitrogens with one attached hydrogen (secondary N) is 1. The number of rotatable bonds is 6. The second kappa shape index (κ2) is 10.3. The summed E-state index contributed by atoms with van der Waals surface area (Å²) < 4.78 is 37.6. The molecule has 0 fully saturated rings. The van der Waals surface area contributed by atoms with E-state index in [9.17, 15) is 22.9 Å². The van der Waals surface area contributed by atoms with Gasteiger partial charge < -0.3 is 15.2 Å². The first-order valence-corrected chi connectivity index (χ1v) is 12.8. The molecule has 0 atom stereocenters. The van der Waals surface area contributed by atoms with Crippen molar-refractivity contribution in [1.29, 1.82) is 0 Å². The highest BCUT2D eigenvalue weighted by atomic mass is 35.5. The molecule has 9 nitrogen and oxygen atoms in total. The summed E-state index contributed by atoms with van der Waals surface area (Å²) in [6.07, 6.45) is 0. The number of ether oxygens (including phenoxy) is 1. The number of aryl methyl sites for hydroxylation is 1. The Morgan fingerprint density at radius 1 is 1.00 bits per heavy atom. The highest BCUT2D eigenvalue weighted by Crippen LogP contribution is 2.41. The van der Waals surface area contributed by atoms with Crippen molar-refractivity contribution in [2.24, 2.45) is 10.2 Å². The predicted octanol–water partition coefficient (Wildman–Crippen LogP) is 7.08. The third-order valence-corrected chi connectivity index (χ3v) is 7.04. The number of benzene rings is 4. The van der Waals surface area contributed by atoms with Gasteiger partial charge in [-0.15, -0.1) is 10.2 Å². The summed E-state index contributed by atoms with van der Waals surface area (Å²) in [4.78, 5) is 12.7. The van der Waals surface area contributed by atoms with Crippen molar-refractivity contribution >= 4 is 67.1 Å². The second-order valence-electron chi connectivity index (χ2n) is 7.89. The summed E-state index contributed by atoms with van der Waals surface area (Å²) in [7, 11) is -3.03. The number of aromatic hydroxyl groups is 1. The molecule has 37 heavy (non-hydrogen) atoms. The maximum atomic E-state index is 13.1. The van der Waals surface area contributed by atoms with Gasteiger partial charge in [0, 0.05) is 17.1 Å². The summed E-state index contributed by atoms with van der Waals surface area (Å²) in [5.41, 5.74) is 0.623. The number of carbonyl (C=O) groups excluding carboxylic acids is 1. The molecule has 0 aliphatic heterocycles. The number of anilines is 1. The number of phenolic OH excluding ortho intramolecular Hbond substituents is 1. The third-order valence-electron chi connectivity index (χ3n) is 5.43. The van der Waals surface area contributed by atoms with Crippen molar-refractivity contribution in [3.8, 4) is 11.5 Å². The minimum atomic E-state index is -4.48. The van der Waals surface area contributed by atoms with Gasteiger partial charge in [0.05, 0.1) is 27.6 Å². The van der Waals surface area contributed by atoms with E-state index in [1.807, 2.05) is 0 Å².